The van der Waals surface area contributed by atoms with Crippen molar-refractivity contribution in [3.05, 3.63) is 29.8 Å². The standard InChI is InChI=1S/C20H29NO6/c1-3-25-19(23)15-7-9-18(10-8-15)27-14-17(22)13-21-11-5-6-16(12-21)20(24)26-4-2/h7-10,16-17,22H,3-6,11-14H2,1-2H3/t16-,17+/m1/s1. The van der Waals surface area contributed by atoms with Gasteiger partial charge in [0.25, 0.3) is 0 Å². The van der Waals surface area contributed by atoms with Crippen LogP contribution in [0, 0.1) is 5.92 Å². The van der Waals surface area contributed by atoms with Crippen LogP contribution in [0.15, 0.2) is 24.3 Å². The van der Waals surface area contributed by atoms with Crippen LogP contribution in [0.5, 0.6) is 5.75 Å². The second-order valence-electron chi connectivity index (χ2n) is 6.56. The zero-order chi connectivity index (χ0) is 19.6. The maximum Gasteiger partial charge on any atom is 0.338 e. The van der Waals surface area contributed by atoms with Gasteiger partial charge in [0, 0.05) is 13.1 Å². The van der Waals surface area contributed by atoms with Gasteiger partial charge in [-0.05, 0) is 57.5 Å². The monoisotopic (exact) mass is 379 g/mol. The minimum Gasteiger partial charge on any atom is -0.491 e. The fraction of sp³-hybridized carbons (Fsp3) is 0.600. The molecule has 1 heterocycles. The van der Waals surface area contributed by atoms with Crippen LogP contribution in [0.25, 0.3) is 0 Å². The number of carbonyl (C=O) groups excluding carboxylic acids is 2. The summed E-state index contributed by atoms with van der Waals surface area (Å²) >= 11 is 0. The van der Waals surface area contributed by atoms with E-state index in [1.54, 1.807) is 38.1 Å². The topological polar surface area (TPSA) is 85.3 Å². The summed E-state index contributed by atoms with van der Waals surface area (Å²) in [5.41, 5.74) is 0.461. The highest BCUT2D eigenvalue weighted by Gasteiger charge is 2.27. The normalized spacial score (nSPS) is 18.6. The third-order valence-electron chi connectivity index (χ3n) is 4.40. The van der Waals surface area contributed by atoms with Gasteiger partial charge in [0.05, 0.1) is 24.7 Å². The van der Waals surface area contributed by atoms with Crippen molar-refractivity contribution in [2.45, 2.75) is 32.8 Å². The molecule has 2 rings (SSSR count). The second-order valence-corrected chi connectivity index (χ2v) is 6.56. The number of benzene rings is 1. The molecule has 0 aliphatic carbocycles. The molecule has 7 heteroatoms. The van der Waals surface area contributed by atoms with E-state index in [1.807, 2.05) is 0 Å². The Morgan fingerprint density at radius 2 is 1.89 bits per heavy atom. The van der Waals surface area contributed by atoms with Crippen LogP contribution in [-0.2, 0) is 14.3 Å². The van der Waals surface area contributed by atoms with Crippen LogP contribution in [0.2, 0.25) is 0 Å². The van der Waals surface area contributed by atoms with Crippen molar-refractivity contribution < 1.29 is 28.9 Å². The molecule has 2 atom stereocenters. The minimum atomic E-state index is -0.671. The first-order chi connectivity index (χ1) is 13.0. The summed E-state index contributed by atoms with van der Waals surface area (Å²) in [6.45, 7) is 6.31. The molecule has 0 saturated carbocycles. The molecular weight excluding hydrogens is 350 g/mol. The molecule has 1 aliphatic rings. The predicted octanol–water partition coefficient (Wildman–Crippen LogP) is 1.88. The quantitative estimate of drug-likeness (QED) is 0.656. The van der Waals surface area contributed by atoms with Gasteiger partial charge in [-0.15, -0.1) is 0 Å². The van der Waals surface area contributed by atoms with E-state index in [9.17, 15) is 14.7 Å². The Labute approximate surface area is 160 Å². The Morgan fingerprint density at radius 1 is 1.19 bits per heavy atom. The predicted molar refractivity (Wildman–Crippen MR) is 99.7 cm³/mol. The summed E-state index contributed by atoms with van der Waals surface area (Å²) in [5.74, 6) is -0.0765. The van der Waals surface area contributed by atoms with E-state index < -0.39 is 6.10 Å². The number of rotatable bonds is 9. The molecule has 0 spiro atoms. The fourth-order valence-corrected chi connectivity index (χ4v) is 3.12. The lowest BCUT2D eigenvalue weighted by Gasteiger charge is -2.32. The Hall–Kier alpha value is -2.12. The summed E-state index contributed by atoms with van der Waals surface area (Å²) in [6.07, 6.45) is 1.07. The Kier molecular flexibility index (Phi) is 8.54. The van der Waals surface area contributed by atoms with Gasteiger partial charge >= 0.3 is 11.9 Å². The molecule has 0 unspecified atom stereocenters. The van der Waals surface area contributed by atoms with E-state index in [0.29, 0.717) is 37.6 Å². The number of likely N-dealkylation sites (tertiary alicyclic amines) is 1. The van der Waals surface area contributed by atoms with E-state index >= 15 is 0 Å². The van der Waals surface area contributed by atoms with E-state index in [4.69, 9.17) is 14.2 Å². The first kappa shape index (κ1) is 21.2. The maximum atomic E-state index is 11.9. The highest BCUT2D eigenvalue weighted by Crippen LogP contribution is 2.18. The first-order valence-electron chi connectivity index (χ1n) is 9.50. The number of β-amino-alcohol motifs (C(OH)–C–C–N with tert-alkyl or cyclic N) is 1. The second kappa shape index (κ2) is 10.9. The number of piperidine rings is 1. The molecule has 0 amide bonds. The summed E-state index contributed by atoms with van der Waals surface area (Å²) in [5, 5.41) is 10.2. The van der Waals surface area contributed by atoms with Crippen molar-refractivity contribution in [2.24, 2.45) is 5.92 Å². The third-order valence-corrected chi connectivity index (χ3v) is 4.40. The Balaban J connectivity index is 1.76. The highest BCUT2D eigenvalue weighted by molar-refractivity contribution is 5.89. The average Bonchev–Trinajstić information content (AvgIpc) is 2.67. The van der Waals surface area contributed by atoms with Crippen molar-refractivity contribution in [3.63, 3.8) is 0 Å². The number of aliphatic hydroxyl groups excluding tert-OH is 1. The Bertz CT molecular complexity index is 603. The number of hydrogen-bond acceptors (Lipinski definition) is 7. The fourth-order valence-electron chi connectivity index (χ4n) is 3.12. The third kappa shape index (κ3) is 6.84. The van der Waals surface area contributed by atoms with Crippen LogP contribution in [0.3, 0.4) is 0 Å². The zero-order valence-electron chi connectivity index (χ0n) is 16.1. The SMILES string of the molecule is CCOC(=O)c1ccc(OC[C@@H](O)CN2CCC[C@@H](C(=O)OCC)C2)cc1. The number of aliphatic hydroxyl groups is 1. The van der Waals surface area contributed by atoms with Crippen molar-refractivity contribution >= 4 is 11.9 Å². The molecule has 0 aromatic heterocycles. The van der Waals surface area contributed by atoms with Gasteiger partial charge in [-0.25, -0.2) is 4.79 Å². The van der Waals surface area contributed by atoms with E-state index in [2.05, 4.69) is 4.90 Å². The molecule has 0 bridgehead atoms. The van der Waals surface area contributed by atoms with Crippen molar-refractivity contribution in [3.8, 4) is 5.75 Å². The Morgan fingerprint density at radius 3 is 2.56 bits per heavy atom. The molecule has 1 fully saturated rings. The lowest BCUT2D eigenvalue weighted by Crippen LogP contribution is -2.44. The minimum absolute atomic E-state index is 0.123. The molecular formula is C20H29NO6. The van der Waals surface area contributed by atoms with Gasteiger partial charge in [-0.1, -0.05) is 0 Å². The number of nitrogens with zero attached hydrogens (tertiary/aromatic N) is 1. The van der Waals surface area contributed by atoms with Crippen molar-refractivity contribution in [2.75, 3.05) is 39.5 Å². The van der Waals surface area contributed by atoms with Crippen molar-refractivity contribution in [1.82, 2.24) is 4.90 Å². The zero-order valence-corrected chi connectivity index (χ0v) is 16.1. The lowest BCUT2D eigenvalue weighted by molar-refractivity contribution is -0.150. The lowest BCUT2D eigenvalue weighted by atomic mass is 9.98. The van der Waals surface area contributed by atoms with Gasteiger partial charge in [0.2, 0.25) is 0 Å². The molecule has 150 valence electrons. The maximum absolute atomic E-state index is 11.9. The van der Waals surface area contributed by atoms with Crippen LogP contribution in [0.1, 0.15) is 37.0 Å². The first-order valence-corrected chi connectivity index (χ1v) is 9.50. The van der Waals surface area contributed by atoms with Gasteiger partial charge in [0.15, 0.2) is 0 Å². The van der Waals surface area contributed by atoms with E-state index in [0.717, 1.165) is 19.4 Å². The smallest absolute Gasteiger partial charge is 0.338 e. The summed E-state index contributed by atoms with van der Waals surface area (Å²) in [6, 6.07) is 6.62. The summed E-state index contributed by atoms with van der Waals surface area (Å²) in [7, 11) is 0. The summed E-state index contributed by atoms with van der Waals surface area (Å²) < 4.78 is 15.6. The molecule has 1 aliphatic heterocycles. The van der Waals surface area contributed by atoms with Crippen LogP contribution < -0.4 is 4.74 Å². The van der Waals surface area contributed by atoms with Gasteiger partial charge in [-0.3, -0.25) is 9.69 Å². The van der Waals surface area contributed by atoms with E-state index in [1.165, 1.54) is 0 Å². The van der Waals surface area contributed by atoms with Gasteiger partial charge in [0.1, 0.15) is 18.5 Å². The van der Waals surface area contributed by atoms with Crippen LogP contribution in [0.4, 0.5) is 0 Å². The molecule has 1 aromatic carbocycles. The molecule has 1 aromatic rings. The van der Waals surface area contributed by atoms with E-state index in [-0.39, 0.29) is 24.5 Å². The number of hydrogen-bond donors (Lipinski definition) is 1. The van der Waals surface area contributed by atoms with Crippen LogP contribution in [-0.4, -0.2) is 67.5 Å². The molecule has 1 N–H and O–H groups in total. The van der Waals surface area contributed by atoms with Crippen molar-refractivity contribution in [1.29, 1.82) is 0 Å². The largest absolute Gasteiger partial charge is 0.491 e. The molecule has 7 nitrogen and oxygen atoms in total. The van der Waals surface area contributed by atoms with Gasteiger partial charge < -0.3 is 19.3 Å². The highest BCUT2D eigenvalue weighted by atomic mass is 16.5. The van der Waals surface area contributed by atoms with Crippen LogP contribution >= 0.6 is 0 Å². The molecule has 1 saturated heterocycles. The summed E-state index contributed by atoms with van der Waals surface area (Å²) in [4.78, 5) is 25.6. The number of carbonyl (C=O) groups is 2. The molecule has 27 heavy (non-hydrogen) atoms. The number of esters is 2. The molecule has 0 radical (unpaired) electrons. The van der Waals surface area contributed by atoms with Gasteiger partial charge in [-0.2, -0.15) is 0 Å². The average molecular weight is 379 g/mol. The number of ether oxygens (including phenoxy) is 3.